The van der Waals surface area contributed by atoms with Crippen LogP contribution in [0.3, 0.4) is 0 Å². The SMILES string of the molecule is Nc1ccn([C@@H]2O[C@H](COP(=O)(O)O[C@H](C(=O)O)c3ccccc3)[C@@H](O)[C@H]2O)c(=O)n1. The van der Waals surface area contributed by atoms with Crippen molar-refractivity contribution in [2.75, 3.05) is 12.3 Å². The molecule has 3 rings (SSSR count). The van der Waals surface area contributed by atoms with Crippen LogP contribution in [0, 0.1) is 0 Å². The molecule has 1 fully saturated rings. The molecule has 14 heteroatoms. The highest BCUT2D eigenvalue weighted by molar-refractivity contribution is 7.47. The van der Waals surface area contributed by atoms with E-state index >= 15 is 0 Å². The Kier molecular flexibility index (Phi) is 6.86. The van der Waals surface area contributed by atoms with Gasteiger partial charge in [-0.15, -0.1) is 0 Å². The van der Waals surface area contributed by atoms with E-state index in [1.54, 1.807) is 6.07 Å². The lowest BCUT2D eigenvalue weighted by molar-refractivity contribution is -0.146. The minimum Gasteiger partial charge on any atom is -0.479 e. The Labute approximate surface area is 174 Å². The van der Waals surface area contributed by atoms with Crippen molar-refractivity contribution in [1.82, 2.24) is 9.55 Å². The number of hydrogen-bond acceptors (Lipinski definition) is 10. The Balaban J connectivity index is 1.67. The highest BCUT2D eigenvalue weighted by atomic mass is 31.2. The number of benzene rings is 1. The fraction of sp³-hybridized carbons (Fsp3) is 0.353. The van der Waals surface area contributed by atoms with Gasteiger partial charge in [-0.3, -0.25) is 13.6 Å². The van der Waals surface area contributed by atoms with Crippen LogP contribution in [0.25, 0.3) is 0 Å². The summed E-state index contributed by atoms with van der Waals surface area (Å²) < 4.78 is 28.1. The third kappa shape index (κ3) is 5.35. The Bertz CT molecular complexity index is 1030. The smallest absolute Gasteiger partial charge is 0.473 e. The second-order valence-electron chi connectivity index (χ2n) is 6.59. The van der Waals surface area contributed by atoms with Gasteiger partial charge in [-0.2, -0.15) is 4.98 Å². The van der Waals surface area contributed by atoms with Crippen molar-refractivity contribution < 1.29 is 43.4 Å². The van der Waals surface area contributed by atoms with Gasteiger partial charge in [0, 0.05) is 6.20 Å². The number of ether oxygens (including phenoxy) is 1. The molecular formula is C17H20N3O10P. The summed E-state index contributed by atoms with van der Waals surface area (Å²) in [6.45, 7) is -0.749. The van der Waals surface area contributed by atoms with Crippen LogP contribution in [0.2, 0.25) is 0 Å². The monoisotopic (exact) mass is 457 g/mol. The lowest BCUT2D eigenvalue weighted by Gasteiger charge is -2.20. The summed E-state index contributed by atoms with van der Waals surface area (Å²) in [7, 11) is -4.93. The van der Waals surface area contributed by atoms with Crippen molar-refractivity contribution in [3.05, 3.63) is 58.6 Å². The molecule has 0 aliphatic carbocycles. The second kappa shape index (κ2) is 9.24. The van der Waals surface area contributed by atoms with E-state index in [0.29, 0.717) is 0 Å². The number of carboxylic acids is 1. The summed E-state index contributed by atoms with van der Waals surface area (Å²) in [5.74, 6) is -1.58. The molecule has 2 aromatic rings. The molecule has 1 unspecified atom stereocenters. The molecule has 0 bridgehead atoms. The largest absolute Gasteiger partial charge is 0.479 e. The number of aliphatic hydroxyl groups is 2. The highest BCUT2D eigenvalue weighted by Crippen LogP contribution is 2.48. The quantitative estimate of drug-likeness (QED) is 0.315. The van der Waals surface area contributed by atoms with Crippen molar-refractivity contribution in [3.8, 4) is 0 Å². The number of carbonyl (C=O) groups is 1. The molecule has 0 amide bonds. The van der Waals surface area contributed by atoms with Gasteiger partial charge in [0.1, 0.15) is 24.1 Å². The van der Waals surface area contributed by atoms with E-state index in [0.717, 1.165) is 4.57 Å². The molecule has 2 heterocycles. The fourth-order valence-corrected chi connectivity index (χ4v) is 3.80. The molecule has 6 N–H and O–H groups in total. The van der Waals surface area contributed by atoms with Crippen molar-refractivity contribution in [1.29, 1.82) is 0 Å². The number of hydrogen-bond donors (Lipinski definition) is 5. The van der Waals surface area contributed by atoms with Gasteiger partial charge in [-0.25, -0.2) is 14.2 Å². The number of aromatic nitrogens is 2. The molecule has 1 aliphatic heterocycles. The van der Waals surface area contributed by atoms with E-state index in [-0.39, 0.29) is 11.4 Å². The van der Waals surface area contributed by atoms with Crippen molar-refractivity contribution >= 4 is 19.6 Å². The molecule has 1 saturated heterocycles. The van der Waals surface area contributed by atoms with E-state index in [1.807, 2.05) is 0 Å². The number of carboxylic acid groups (broad SMARTS) is 1. The third-order valence-electron chi connectivity index (χ3n) is 4.43. The summed E-state index contributed by atoms with van der Waals surface area (Å²) >= 11 is 0. The summed E-state index contributed by atoms with van der Waals surface area (Å²) in [5, 5.41) is 29.6. The second-order valence-corrected chi connectivity index (χ2v) is 7.99. The van der Waals surface area contributed by atoms with Crippen LogP contribution >= 0.6 is 7.82 Å². The number of aliphatic hydroxyl groups excluding tert-OH is 2. The first-order valence-corrected chi connectivity index (χ1v) is 10.4. The number of nitrogen functional groups attached to an aromatic ring is 1. The Hall–Kier alpha value is -2.64. The molecule has 13 nitrogen and oxygen atoms in total. The molecule has 0 spiro atoms. The van der Waals surface area contributed by atoms with Gasteiger partial charge in [0.15, 0.2) is 12.3 Å². The summed E-state index contributed by atoms with van der Waals surface area (Å²) in [4.78, 5) is 36.8. The van der Waals surface area contributed by atoms with E-state index in [1.165, 1.54) is 36.5 Å². The number of anilines is 1. The van der Waals surface area contributed by atoms with Gasteiger partial charge in [-0.05, 0) is 11.6 Å². The number of nitrogens with two attached hydrogens (primary N) is 1. The third-order valence-corrected chi connectivity index (χ3v) is 5.38. The topological polar surface area (TPSA) is 204 Å². The van der Waals surface area contributed by atoms with Gasteiger partial charge < -0.3 is 30.7 Å². The van der Waals surface area contributed by atoms with Gasteiger partial charge in [-0.1, -0.05) is 30.3 Å². The van der Waals surface area contributed by atoms with Crippen LogP contribution in [0.4, 0.5) is 5.82 Å². The molecular weight excluding hydrogens is 437 g/mol. The summed E-state index contributed by atoms with van der Waals surface area (Å²) in [6.07, 6.45) is -6.48. The Morgan fingerprint density at radius 3 is 2.55 bits per heavy atom. The van der Waals surface area contributed by atoms with Crippen LogP contribution in [0.1, 0.15) is 17.9 Å². The van der Waals surface area contributed by atoms with Crippen LogP contribution < -0.4 is 11.4 Å². The van der Waals surface area contributed by atoms with Crippen molar-refractivity contribution in [3.63, 3.8) is 0 Å². The lowest BCUT2D eigenvalue weighted by atomic mass is 10.1. The van der Waals surface area contributed by atoms with Crippen LogP contribution in [0.5, 0.6) is 0 Å². The van der Waals surface area contributed by atoms with Gasteiger partial charge in [0.05, 0.1) is 6.61 Å². The zero-order valence-electron chi connectivity index (χ0n) is 15.8. The molecule has 168 valence electrons. The normalized spacial score (nSPS) is 26.3. The average molecular weight is 457 g/mol. The molecule has 0 radical (unpaired) electrons. The molecule has 6 atom stereocenters. The first-order chi connectivity index (χ1) is 14.6. The van der Waals surface area contributed by atoms with Crippen LogP contribution in [-0.4, -0.2) is 60.7 Å². The zero-order valence-corrected chi connectivity index (χ0v) is 16.7. The number of nitrogens with zero attached hydrogens (tertiary/aromatic N) is 2. The Morgan fingerprint density at radius 2 is 1.94 bits per heavy atom. The summed E-state index contributed by atoms with van der Waals surface area (Å²) in [5.41, 5.74) is 4.66. The molecule has 0 saturated carbocycles. The average Bonchev–Trinajstić information content (AvgIpc) is 2.99. The predicted molar refractivity (Wildman–Crippen MR) is 103 cm³/mol. The maximum atomic E-state index is 12.3. The predicted octanol–water partition coefficient (Wildman–Crippen LogP) is -0.596. The van der Waals surface area contributed by atoms with E-state index in [4.69, 9.17) is 19.5 Å². The Morgan fingerprint density at radius 1 is 1.26 bits per heavy atom. The number of aliphatic carboxylic acids is 1. The van der Waals surface area contributed by atoms with Crippen molar-refractivity contribution in [2.24, 2.45) is 0 Å². The standard InChI is InChI=1S/C17H20N3O10P/c18-11-6-7-20(17(25)19-11)15-13(22)12(21)10(29-15)8-28-31(26,27)30-14(16(23)24)9-4-2-1-3-5-9/h1-7,10,12-15,21-22H,8H2,(H,23,24)(H,26,27)(H2,18,19,25)/t10-,12-,13-,14+,15-/m1/s1. The molecule has 31 heavy (non-hydrogen) atoms. The number of rotatable bonds is 8. The lowest BCUT2D eigenvalue weighted by Crippen LogP contribution is -2.36. The number of phosphoric acid groups is 1. The van der Waals surface area contributed by atoms with E-state index < -0.39 is 56.7 Å². The van der Waals surface area contributed by atoms with Gasteiger partial charge in [0.2, 0.25) is 0 Å². The van der Waals surface area contributed by atoms with Crippen LogP contribution in [0.15, 0.2) is 47.4 Å². The summed E-state index contributed by atoms with van der Waals surface area (Å²) in [6, 6.07) is 8.73. The fourth-order valence-electron chi connectivity index (χ4n) is 2.92. The van der Waals surface area contributed by atoms with E-state index in [2.05, 4.69) is 4.98 Å². The maximum absolute atomic E-state index is 12.3. The van der Waals surface area contributed by atoms with E-state index in [9.17, 15) is 34.4 Å². The van der Waals surface area contributed by atoms with Crippen molar-refractivity contribution in [2.45, 2.75) is 30.6 Å². The first kappa shape index (κ1) is 23.0. The molecule has 1 aromatic heterocycles. The van der Waals surface area contributed by atoms with Crippen LogP contribution in [-0.2, 0) is 23.1 Å². The molecule has 1 aromatic carbocycles. The van der Waals surface area contributed by atoms with Gasteiger partial charge in [0.25, 0.3) is 0 Å². The maximum Gasteiger partial charge on any atom is 0.473 e. The number of phosphoric ester groups is 1. The zero-order chi connectivity index (χ0) is 22.8. The highest BCUT2D eigenvalue weighted by Gasteiger charge is 2.45. The first-order valence-electron chi connectivity index (χ1n) is 8.89. The minimum absolute atomic E-state index is 0.0565. The minimum atomic E-state index is -4.93. The molecule has 1 aliphatic rings. The van der Waals surface area contributed by atoms with Gasteiger partial charge >= 0.3 is 19.5 Å².